The molecule has 0 aliphatic carbocycles. The molecule has 1 aliphatic heterocycles. The van der Waals surface area contributed by atoms with Crippen molar-refractivity contribution in [2.45, 2.75) is 20.0 Å². The van der Waals surface area contributed by atoms with E-state index in [1.807, 2.05) is 0 Å². The first-order valence-electron chi connectivity index (χ1n) is 8.00. The summed E-state index contributed by atoms with van der Waals surface area (Å²) in [5.74, 6) is 0.943. The second-order valence-electron chi connectivity index (χ2n) is 6.17. The number of nitrogens with one attached hydrogen (secondary N) is 1. The van der Waals surface area contributed by atoms with Crippen LogP contribution in [0.15, 0.2) is 59.2 Å². The van der Waals surface area contributed by atoms with Gasteiger partial charge in [-0.2, -0.15) is 0 Å². The fraction of sp³-hybridized carbons (Fsp3) is 0.150. The topological polar surface area (TPSA) is 31.9 Å². The Morgan fingerprint density at radius 2 is 2.00 bits per heavy atom. The van der Waals surface area contributed by atoms with E-state index in [0.29, 0.717) is 0 Å². The second-order valence-corrected chi connectivity index (χ2v) is 7.08. The molecule has 1 aromatic heterocycles. The van der Waals surface area contributed by atoms with Gasteiger partial charge in [0.05, 0.1) is 17.9 Å². The van der Waals surface area contributed by atoms with E-state index in [0.717, 1.165) is 34.6 Å². The third-order valence-electron chi connectivity index (χ3n) is 4.21. The molecule has 4 rings (SSSR count). The van der Waals surface area contributed by atoms with Gasteiger partial charge in [-0.1, -0.05) is 51.8 Å². The summed E-state index contributed by atoms with van der Waals surface area (Å²) in [4.78, 5) is 10.5. The molecular weight excluding hydrogens is 362 g/mol. The Balaban J connectivity index is 1.54. The van der Waals surface area contributed by atoms with Crippen molar-refractivity contribution in [1.82, 2.24) is 14.9 Å². The average Bonchev–Trinajstić information content (AvgIpc) is 3.00. The Morgan fingerprint density at radius 1 is 1.17 bits per heavy atom. The monoisotopic (exact) mass is 379 g/mol. The fourth-order valence-corrected chi connectivity index (χ4v) is 3.24. The van der Waals surface area contributed by atoms with E-state index in [1.54, 1.807) is 0 Å². The molecule has 0 bridgehead atoms. The van der Waals surface area contributed by atoms with Gasteiger partial charge < -0.3 is 9.88 Å². The first-order valence-corrected chi connectivity index (χ1v) is 8.79. The smallest absolute Gasteiger partial charge is 0.138 e. The van der Waals surface area contributed by atoms with Crippen molar-refractivity contribution in [3.63, 3.8) is 0 Å². The van der Waals surface area contributed by atoms with Gasteiger partial charge in [-0.15, -0.1) is 0 Å². The zero-order valence-electron chi connectivity index (χ0n) is 13.5. The number of halogens is 1. The van der Waals surface area contributed by atoms with Crippen molar-refractivity contribution >= 4 is 22.0 Å². The van der Waals surface area contributed by atoms with Crippen molar-refractivity contribution in [2.75, 3.05) is 0 Å². The van der Waals surface area contributed by atoms with Gasteiger partial charge >= 0.3 is 0 Å². The fourth-order valence-electron chi connectivity index (χ4n) is 2.98. The Hall–Kier alpha value is -2.33. The standard InChI is InChI=1S/C20H18BrN3/c1-14-3-2-4-16(11-14)20-22-18-9-10-24(13-19(18)23-20)12-15-5-7-17(21)8-6-15/h2-11H,12-13H2,1H3,(H,22,23). The first kappa shape index (κ1) is 15.2. The molecule has 0 atom stereocenters. The Morgan fingerprint density at radius 3 is 2.79 bits per heavy atom. The van der Waals surface area contributed by atoms with Gasteiger partial charge in [0, 0.05) is 22.8 Å². The summed E-state index contributed by atoms with van der Waals surface area (Å²) in [6.45, 7) is 3.84. The average molecular weight is 380 g/mol. The van der Waals surface area contributed by atoms with Crippen molar-refractivity contribution in [1.29, 1.82) is 0 Å². The minimum absolute atomic E-state index is 0.848. The van der Waals surface area contributed by atoms with Crippen molar-refractivity contribution in [2.24, 2.45) is 0 Å². The normalized spacial score (nSPS) is 13.2. The quantitative estimate of drug-likeness (QED) is 0.683. The van der Waals surface area contributed by atoms with E-state index < -0.39 is 0 Å². The number of aryl methyl sites for hydroxylation is 1. The van der Waals surface area contributed by atoms with E-state index in [4.69, 9.17) is 4.98 Å². The highest BCUT2D eigenvalue weighted by Gasteiger charge is 2.16. The number of H-pyrrole nitrogens is 1. The third-order valence-corrected chi connectivity index (χ3v) is 4.73. The van der Waals surface area contributed by atoms with Crippen LogP contribution in [-0.4, -0.2) is 14.9 Å². The summed E-state index contributed by atoms with van der Waals surface area (Å²) >= 11 is 3.48. The molecule has 2 heterocycles. The lowest BCUT2D eigenvalue weighted by Gasteiger charge is -2.23. The summed E-state index contributed by atoms with van der Waals surface area (Å²) < 4.78 is 1.11. The van der Waals surface area contributed by atoms with Crippen molar-refractivity contribution in [3.05, 3.63) is 81.7 Å². The third kappa shape index (κ3) is 3.15. The SMILES string of the molecule is Cc1cccc(-c2nc3c([nH]2)CN(Cc2ccc(Br)cc2)C=C3)c1. The van der Waals surface area contributed by atoms with E-state index in [2.05, 4.69) is 93.5 Å². The Bertz CT molecular complexity index is 894. The number of benzene rings is 2. The molecule has 3 aromatic rings. The summed E-state index contributed by atoms with van der Waals surface area (Å²) in [7, 11) is 0. The van der Waals surface area contributed by atoms with Crippen LogP contribution in [0.5, 0.6) is 0 Å². The molecule has 0 saturated carbocycles. The molecule has 24 heavy (non-hydrogen) atoms. The highest BCUT2D eigenvalue weighted by Crippen LogP contribution is 2.25. The molecule has 0 fully saturated rings. The number of aromatic amines is 1. The van der Waals surface area contributed by atoms with Crippen LogP contribution in [-0.2, 0) is 13.1 Å². The maximum Gasteiger partial charge on any atom is 0.138 e. The lowest BCUT2D eigenvalue weighted by molar-refractivity contribution is 0.355. The molecule has 0 unspecified atom stereocenters. The molecule has 0 amide bonds. The molecule has 3 nitrogen and oxygen atoms in total. The lowest BCUT2D eigenvalue weighted by atomic mass is 10.1. The molecule has 0 saturated heterocycles. The van der Waals surface area contributed by atoms with Crippen LogP contribution in [0.25, 0.3) is 17.5 Å². The predicted molar refractivity (Wildman–Crippen MR) is 101 cm³/mol. The molecule has 120 valence electrons. The van der Waals surface area contributed by atoms with Gasteiger partial charge in [0.15, 0.2) is 0 Å². The van der Waals surface area contributed by atoms with Gasteiger partial charge in [0.1, 0.15) is 5.82 Å². The Kier molecular flexibility index (Phi) is 3.98. The van der Waals surface area contributed by atoms with Gasteiger partial charge in [-0.3, -0.25) is 0 Å². The van der Waals surface area contributed by atoms with Gasteiger partial charge in [-0.25, -0.2) is 4.98 Å². The molecular formula is C20H18BrN3. The molecule has 0 radical (unpaired) electrons. The maximum atomic E-state index is 4.74. The molecule has 1 aliphatic rings. The van der Waals surface area contributed by atoms with E-state index in [1.165, 1.54) is 16.8 Å². The predicted octanol–water partition coefficient (Wildman–Crippen LogP) is 5.13. The second kappa shape index (κ2) is 6.29. The van der Waals surface area contributed by atoms with Gasteiger partial charge in [0.2, 0.25) is 0 Å². The van der Waals surface area contributed by atoms with Gasteiger partial charge in [0.25, 0.3) is 0 Å². The highest BCUT2D eigenvalue weighted by atomic mass is 79.9. The summed E-state index contributed by atoms with van der Waals surface area (Å²) in [6.07, 6.45) is 4.22. The van der Waals surface area contributed by atoms with Crippen LogP contribution in [0.1, 0.15) is 22.5 Å². The first-order chi connectivity index (χ1) is 11.7. The summed E-state index contributed by atoms with van der Waals surface area (Å²) in [6, 6.07) is 16.9. The van der Waals surface area contributed by atoms with Gasteiger partial charge in [-0.05, 0) is 36.8 Å². The van der Waals surface area contributed by atoms with E-state index >= 15 is 0 Å². The number of nitrogens with zero attached hydrogens (tertiary/aromatic N) is 2. The molecule has 1 N–H and O–H groups in total. The number of aromatic nitrogens is 2. The zero-order chi connectivity index (χ0) is 16.5. The zero-order valence-corrected chi connectivity index (χ0v) is 15.0. The number of rotatable bonds is 3. The van der Waals surface area contributed by atoms with E-state index in [-0.39, 0.29) is 0 Å². The number of hydrogen-bond donors (Lipinski definition) is 1. The van der Waals surface area contributed by atoms with E-state index in [9.17, 15) is 0 Å². The van der Waals surface area contributed by atoms with Crippen molar-refractivity contribution < 1.29 is 0 Å². The maximum absolute atomic E-state index is 4.74. The molecule has 4 heteroatoms. The minimum Gasteiger partial charge on any atom is -0.367 e. The van der Waals surface area contributed by atoms with Crippen LogP contribution in [0.2, 0.25) is 0 Å². The van der Waals surface area contributed by atoms with Crippen LogP contribution >= 0.6 is 15.9 Å². The van der Waals surface area contributed by atoms with Crippen molar-refractivity contribution in [3.8, 4) is 11.4 Å². The number of hydrogen-bond acceptors (Lipinski definition) is 2. The Labute approximate surface area is 150 Å². The lowest BCUT2D eigenvalue weighted by Crippen LogP contribution is -2.19. The summed E-state index contributed by atoms with van der Waals surface area (Å²) in [5, 5.41) is 0. The highest BCUT2D eigenvalue weighted by molar-refractivity contribution is 9.10. The molecule has 2 aromatic carbocycles. The largest absolute Gasteiger partial charge is 0.367 e. The summed E-state index contributed by atoms with van der Waals surface area (Å²) in [5.41, 5.74) is 5.89. The number of imidazole rings is 1. The van der Waals surface area contributed by atoms with Crippen LogP contribution in [0.4, 0.5) is 0 Å². The van der Waals surface area contributed by atoms with Crippen LogP contribution in [0, 0.1) is 6.92 Å². The number of fused-ring (bicyclic) bond motifs is 1. The van der Waals surface area contributed by atoms with Crippen LogP contribution < -0.4 is 0 Å². The molecule has 0 spiro atoms. The minimum atomic E-state index is 0.848. The van der Waals surface area contributed by atoms with Crippen LogP contribution in [0.3, 0.4) is 0 Å².